The van der Waals surface area contributed by atoms with Crippen molar-refractivity contribution < 1.29 is 19.4 Å². The Kier molecular flexibility index (Phi) is 13.7. The van der Waals surface area contributed by atoms with E-state index in [4.69, 9.17) is 9.84 Å². The van der Waals surface area contributed by atoms with E-state index in [0.29, 0.717) is 6.42 Å². The number of carboxylic acid groups (broad SMARTS) is 1. The molecule has 0 radical (unpaired) electrons. The molecule has 0 rings (SSSR count). The number of carbonyl (C=O) groups excluding carboxylic acids is 1. The summed E-state index contributed by atoms with van der Waals surface area (Å²) in [6, 6.07) is 0. The molecule has 1 atom stereocenters. The topological polar surface area (TPSA) is 63.6 Å². The van der Waals surface area contributed by atoms with Gasteiger partial charge in [0.05, 0.1) is 6.42 Å². The van der Waals surface area contributed by atoms with Gasteiger partial charge in [0.25, 0.3) is 0 Å². The number of carboxylic acids is 1. The molecule has 0 heterocycles. The van der Waals surface area contributed by atoms with E-state index in [1.165, 1.54) is 45.4 Å². The summed E-state index contributed by atoms with van der Waals surface area (Å²) in [7, 11) is 0. The average molecular weight is 312 g/mol. The third-order valence-electron chi connectivity index (χ3n) is 3.52. The van der Waals surface area contributed by atoms with Gasteiger partial charge in [-0.3, -0.25) is 9.59 Å². The molecule has 0 aliphatic rings. The number of unbranched alkanes of at least 4 members (excludes halogenated alkanes) is 7. The summed E-state index contributed by atoms with van der Waals surface area (Å²) in [5.41, 5.74) is 0. The number of rotatable bonds is 14. The van der Waals surface area contributed by atoms with E-state index in [0.717, 1.165) is 19.3 Å². The Bertz CT molecular complexity index is 307. The second kappa shape index (κ2) is 14.6. The van der Waals surface area contributed by atoms with Crippen molar-refractivity contribution in [2.45, 2.75) is 90.6 Å². The number of hydrogen-bond acceptors (Lipinski definition) is 3. The maximum atomic E-state index is 10.9. The van der Waals surface area contributed by atoms with Gasteiger partial charge in [-0.05, 0) is 32.1 Å². The van der Waals surface area contributed by atoms with E-state index < -0.39 is 18.0 Å². The zero-order valence-corrected chi connectivity index (χ0v) is 14.2. The molecule has 0 aromatic rings. The minimum absolute atomic E-state index is 0.110. The van der Waals surface area contributed by atoms with Crippen LogP contribution in [0.3, 0.4) is 0 Å². The molecule has 4 nitrogen and oxygen atoms in total. The third kappa shape index (κ3) is 15.1. The van der Waals surface area contributed by atoms with Crippen LogP contribution in [0.5, 0.6) is 0 Å². The highest BCUT2D eigenvalue weighted by molar-refractivity contribution is 5.69. The van der Waals surface area contributed by atoms with Crippen LogP contribution in [-0.4, -0.2) is 23.1 Å². The van der Waals surface area contributed by atoms with Crippen LogP contribution in [0.2, 0.25) is 0 Å². The van der Waals surface area contributed by atoms with Gasteiger partial charge < -0.3 is 9.84 Å². The molecule has 0 amide bonds. The standard InChI is InChI=1S/C18H32O4/c1-3-4-5-6-7-8-9-10-11-12-13-14-17(15-18(20)21)22-16(2)19/h10-11,17H,3-9,12-15H2,1-2H3,(H,20,21)/b11-10-/t17-/m1/s1. The molecule has 0 fully saturated rings. The number of ether oxygens (including phenoxy) is 1. The summed E-state index contributed by atoms with van der Waals surface area (Å²) in [6.07, 6.45) is 15.1. The Labute approximate surface area is 134 Å². The highest BCUT2D eigenvalue weighted by Gasteiger charge is 2.15. The Balaban J connectivity index is 3.60. The summed E-state index contributed by atoms with van der Waals surface area (Å²) in [6.45, 7) is 3.54. The van der Waals surface area contributed by atoms with Crippen LogP contribution in [0.25, 0.3) is 0 Å². The maximum absolute atomic E-state index is 10.9. The maximum Gasteiger partial charge on any atom is 0.307 e. The first-order valence-corrected chi connectivity index (χ1v) is 8.60. The van der Waals surface area contributed by atoms with Gasteiger partial charge in [0.2, 0.25) is 0 Å². The smallest absolute Gasteiger partial charge is 0.307 e. The van der Waals surface area contributed by atoms with Crippen LogP contribution < -0.4 is 0 Å². The van der Waals surface area contributed by atoms with Crippen LogP contribution >= 0.6 is 0 Å². The fourth-order valence-corrected chi connectivity index (χ4v) is 2.37. The molecule has 0 saturated heterocycles. The van der Waals surface area contributed by atoms with Crippen LogP contribution in [0.4, 0.5) is 0 Å². The van der Waals surface area contributed by atoms with E-state index in [1.807, 2.05) is 0 Å². The predicted molar refractivity (Wildman–Crippen MR) is 88.8 cm³/mol. The third-order valence-corrected chi connectivity index (χ3v) is 3.52. The Morgan fingerprint density at radius 3 is 2.18 bits per heavy atom. The number of esters is 1. The summed E-state index contributed by atoms with van der Waals surface area (Å²) >= 11 is 0. The minimum atomic E-state index is -0.926. The first kappa shape index (κ1) is 20.7. The second-order valence-corrected chi connectivity index (χ2v) is 5.79. The molecule has 1 N–H and O–H groups in total. The van der Waals surface area contributed by atoms with Gasteiger partial charge in [0, 0.05) is 6.92 Å². The van der Waals surface area contributed by atoms with Crippen molar-refractivity contribution in [2.75, 3.05) is 0 Å². The lowest BCUT2D eigenvalue weighted by Crippen LogP contribution is -2.20. The SMILES string of the molecule is CCCCCCCC/C=C\CCC[C@H](CC(=O)O)OC(C)=O. The van der Waals surface area contributed by atoms with Crippen LogP contribution in [0.15, 0.2) is 12.2 Å². The van der Waals surface area contributed by atoms with Crippen molar-refractivity contribution in [2.24, 2.45) is 0 Å². The lowest BCUT2D eigenvalue weighted by Gasteiger charge is -2.14. The summed E-state index contributed by atoms with van der Waals surface area (Å²) in [5, 5.41) is 8.77. The molecule has 0 aliphatic heterocycles. The average Bonchev–Trinajstić information content (AvgIpc) is 2.43. The van der Waals surface area contributed by atoms with Crippen LogP contribution in [-0.2, 0) is 14.3 Å². The van der Waals surface area contributed by atoms with Crippen molar-refractivity contribution in [3.8, 4) is 0 Å². The molecule has 4 heteroatoms. The highest BCUT2D eigenvalue weighted by Crippen LogP contribution is 2.11. The van der Waals surface area contributed by atoms with Gasteiger partial charge in [-0.2, -0.15) is 0 Å². The number of allylic oxidation sites excluding steroid dienone is 2. The van der Waals surface area contributed by atoms with Crippen molar-refractivity contribution in [1.29, 1.82) is 0 Å². The predicted octanol–water partition coefficient (Wildman–Crippen LogP) is 4.87. The molecule has 0 aromatic carbocycles. The van der Waals surface area contributed by atoms with Gasteiger partial charge >= 0.3 is 11.9 Å². The fourth-order valence-electron chi connectivity index (χ4n) is 2.37. The number of aliphatic carboxylic acids is 1. The molecule has 128 valence electrons. The first-order valence-electron chi connectivity index (χ1n) is 8.60. The molecule has 0 spiro atoms. The van der Waals surface area contributed by atoms with Crippen LogP contribution in [0.1, 0.15) is 84.5 Å². The van der Waals surface area contributed by atoms with Gasteiger partial charge in [-0.1, -0.05) is 51.2 Å². The number of carbonyl (C=O) groups is 2. The largest absolute Gasteiger partial charge is 0.481 e. The van der Waals surface area contributed by atoms with Gasteiger partial charge in [-0.15, -0.1) is 0 Å². The lowest BCUT2D eigenvalue weighted by molar-refractivity contribution is -0.151. The van der Waals surface area contributed by atoms with E-state index >= 15 is 0 Å². The summed E-state index contributed by atoms with van der Waals surface area (Å²) in [5.74, 6) is -1.34. The normalized spacial score (nSPS) is 12.5. The lowest BCUT2D eigenvalue weighted by atomic mass is 10.1. The Morgan fingerprint density at radius 2 is 1.59 bits per heavy atom. The van der Waals surface area contributed by atoms with E-state index in [1.54, 1.807) is 0 Å². The first-order chi connectivity index (χ1) is 10.6. The quantitative estimate of drug-likeness (QED) is 0.282. The summed E-state index contributed by atoms with van der Waals surface area (Å²) in [4.78, 5) is 21.6. The van der Waals surface area contributed by atoms with E-state index in [2.05, 4.69) is 19.1 Å². The molecular weight excluding hydrogens is 280 g/mol. The van der Waals surface area contributed by atoms with Gasteiger partial charge in [0.15, 0.2) is 0 Å². The molecule has 0 aliphatic carbocycles. The van der Waals surface area contributed by atoms with Gasteiger partial charge in [0.1, 0.15) is 6.10 Å². The Morgan fingerprint density at radius 1 is 1.00 bits per heavy atom. The van der Waals surface area contributed by atoms with Crippen molar-refractivity contribution >= 4 is 11.9 Å². The molecular formula is C18H32O4. The molecule has 0 saturated carbocycles. The monoisotopic (exact) mass is 312 g/mol. The second-order valence-electron chi connectivity index (χ2n) is 5.79. The Hall–Kier alpha value is -1.32. The number of hydrogen-bond donors (Lipinski definition) is 1. The summed E-state index contributed by atoms with van der Waals surface area (Å²) < 4.78 is 5.01. The van der Waals surface area contributed by atoms with E-state index in [-0.39, 0.29) is 6.42 Å². The van der Waals surface area contributed by atoms with Crippen molar-refractivity contribution in [3.63, 3.8) is 0 Å². The van der Waals surface area contributed by atoms with Crippen molar-refractivity contribution in [1.82, 2.24) is 0 Å². The van der Waals surface area contributed by atoms with Crippen molar-refractivity contribution in [3.05, 3.63) is 12.2 Å². The molecule has 22 heavy (non-hydrogen) atoms. The zero-order valence-electron chi connectivity index (χ0n) is 14.2. The minimum Gasteiger partial charge on any atom is -0.481 e. The van der Waals surface area contributed by atoms with Crippen LogP contribution in [0, 0.1) is 0 Å². The zero-order chi connectivity index (χ0) is 16.6. The fraction of sp³-hybridized carbons (Fsp3) is 0.778. The molecule has 0 bridgehead atoms. The van der Waals surface area contributed by atoms with E-state index in [9.17, 15) is 9.59 Å². The molecule has 0 aromatic heterocycles. The van der Waals surface area contributed by atoms with Gasteiger partial charge in [-0.25, -0.2) is 0 Å². The highest BCUT2D eigenvalue weighted by atomic mass is 16.5. The molecule has 0 unspecified atom stereocenters.